The Balaban J connectivity index is 1.76. The van der Waals surface area contributed by atoms with Gasteiger partial charge in [-0.3, -0.25) is 4.79 Å². The van der Waals surface area contributed by atoms with Crippen LogP contribution in [0.25, 0.3) is 0 Å². The Labute approximate surface area is 139 Å². The van der Waals surface area contributed by atoms with E-state index in [0.29, 0.717) is 23.6 Å². The molecule has 0 spiro atoms. The van der Waals surface area contributed by atoms with Gasteiger partial charge in [0.1, 0.15) is 0 Å². The Bertz CT molecular complexity index is 497. The number of nitrogens with zero attached hydrogens (tertiary/aromatic N) is 1. The fraction of sp³-hybridized carbons (Fsp3) is 0.611. The summed E-state index contributed by atoms with van der Waals surface area (Å²) >= 11 is 0. The van der Waals surface area contributed by atoms with Crippen LogP contribution >= 0.6 is 0 Å². The first-order valence-corrected chi connectivity index (χ1v) is 8.47. The predicted molar refractivity (Wildman–Crippen MR) is 91.4 cm³/mol. The van der Waals surface area contributed by atoms with Crippen LogP contribution in [-0.2, 0) is 0 Å². The van der Waals surface area contributed by atoms with E-state index in [-0.39, 0.29) is 5.91 Å². The maximum absolute atomic E-state index is 12.2. The molecule has 0 unspecified atom stereocenters. The molecule has 1 aromatic rings. The van der Waals surface area contributed by atoms with Gasteiger partial charge < -0.3 is 19.7 Å². The number of hydrogen-bond donors (Lipinski definition) is 1. The molecule has 0 atom stereocenters. The van der Waals surface area contributed by atoms with Crippen LogP contribution in [0.4, 0.5) is 0 Å². The van der Waals surface area contributed by atoms with Crippen molar-refractivity contribution < 1.29 is 14.3 Å². The monoisotopic (exact) mass is 320 g/mol. The van der Waals surface area contributed by atoms with Gasteiger partial charge >= 0.3 is 0 Å². The number of nitrogens with one attached hydrogen (secondary N) is 1. The number of likely N-dealkylation sites (tertiary alicyclic amines) is 1. The Morgan fingerprint density at radius 1 is 1.09 bits per heavy atom. The summed E-state index contributed by atoms with van der Waals surface area (Å²) in [6.45, 7) is 4.16. The Kier molecular flexibility index (Phi) is 7.20. The molecule has 0 aliphatic carbocycles. The molecule has 1 fully saturated rings. The highest BCUT2D eigenvalue weighted by molar-refractivity contribution is 5.94. The van der Waals surface area contributed by atoms with E-state index in [1.54, 1.807) is 32.4 Å². The number of amides is 1. The molecule has 1 aromatic carbocycles. The van der Waals surface area contributed by atoms with Crippen molar-refractivity contribution in [1.29, 1.82) is 0 Å². The second-order valence-electron chi connectivity index (χ2n) is 5.94. The molecule has 5 nitrogen and oxygen atoms in total. The quantitative estimate of drug-likeness (QED) is 0.785. The van der Waals surface area contributed by atoms with Crippen LogP contribution in [-0.4, -0.2) is 51.2 Å². The molecule has 1 saturated heterocycles. The number of carbonyl (C=O) groups excluding carboxylic acids is 1. The van der Waals surface area contributed by atoms with Crippen molar-refractivity contribution in [2.45, 2.75) is 32.1 Å². The van der Waals surface area contributed by atoms with E-state index < -0.39 is 0 Å². The molecule has 1 N–H and O–H groups in total. The minimum absolute atomic E-state index is 0.0678. The van der Waals surface area contributed by atoms with Crippen LogP contribution in [0.15, 0.2) is 18.2 Å². The lowest BCUT2D eigenvalue weighted by atomic mass is 10.2. The van der Waals surface area contributed by atoms with Crippen LogP contribution in [0.2, 0.25) is 0 Å². The van der Waals surface area contributed by atoms with Crippen molar-refractivity contribution in [3.05, 3.63) is 23.8 Å². The summed E-state index contributed by atoms with van der Waals surface area (Å²) < 4.78 is 10.4. The fourth-order valence-electron chi connectivity index (χ4n) is 2.94. The van der Waals surface area contributed by atoms with Crippen molar-refractivity contribution in [2.24, 2.45) is 0 Å². The summed E-state index contributed by atoms with van der Waals surface area (Å²) in [4.78, 5) is 14.7. The average molecular weight is 320 g/mol. The summed E-state index contributed by atoms with van der Waals surface area (Å²) in [5, 5.41) is 2.98. The molecule has 5 heteroatoms. The third-order valence-corrected chi connectivity index (χ3v) is 4.28. The zero-order valence-electron chi connectivity index (χ0n) is 14.3. The van der Waals surface area contributed by atoms with Crippen LogP contribution in [0.5, 0.6) is 11.5 Å². The molecule has 0 bridgehead atoms. The largest absolute Gasteiger partial charge is 0.493 e. The van der Waals surface area contributed by atoms with Gasteiger partial charge in [-0.1, -0.05) is 12.8 Å². The Morgan fingerprint density at radius 3 is 2.43 bits per heavy atom. The number of rotatable bonds is 7. The molecule has 1 aliphatic heterocycles. The number of methoxy groups -OCH3 is 2. The molecule has 0 radical (unpaired) electrons. The second-order valence-corrected chi connectivity index (χ2v) is 5.94. The van der Waals surface area contributed by atoms with Gasteiger partial charge in [0.15, 0.2) is 11.5 Å². The number of hydrogen-bond acceptors (Lipinski definition) is 4. The lowest BCUT2D eigenvalue weighted by Crippen LogP contribution is -2.30. The molecule has 1 heterocycles. The van der Waals surface area contributed by atoms with E-state index in [4.69, 9.17) is 9.47 Å². The highest BCUT2D eigenvalue weighted by atomic mass is 16.5. The first kappa shape index (κ1) is 17.6. The van der Waals surface area contributed by atoms with Gasteiger partial charge in [-0.2, -0.15) is 0 Å². The van der Waals surface area contributed by atoms with E-state index in [1.165, 1.54) is 38.8 Å². The lowest BCUT2D eigenvalue weighted by molar-refractivity contribution is 0.0951. The van der Waals surface area contributed by atoms with Crippen LogP contribution < -0.4 is 14.8 Å². The normalized spacial score (nSPS) is 15.7. The second kappa shape index (κ2) is 9.40. The average Bonchev–Trinajstić information content (AvgIpc) is 2.86. The SMILES string of the molecule is COc1ccc(C(=O)NCCCN2CCCCCC2)cc1OC. The third kappa shape index (κ3) is 5.43. The minimum atomic E-state index is -0.0678. The van der Waals surface area contributed by atoms with Crippen LogP contribution in [0.1, 0.15) is 42.5 Å². The Hall–Kier alpha value is -1.75. The van der Waals surface area contributed by atoms with Crippen LogP contribution in [0.3, 0.4) is 0 Å². The minimum Gasteiger partial charge on any atom is -0.493 e. The highest BCUT2D eigenvalue weighted by Gasteiger charge is 2.11. The van der Waals surface area contributed by atoms with E-state index in [2.05, 4.69) is 10.2 Å². The zero-order valence-corrected chi connectivity index (χ0v) is 14.3. The van der Waals surface area contributed by atoms with Crippen molar-refractivity contribution in [3.8, 4) is 11.5 Å². The highest BCUT2D eigenvalue weighted by Crippen LogP contribution is 2.27. The first-order chi connectivity index (χ1) is 11.2. The summed E-state index contributed by atoms with van der Waals surface area (Å²) in [6, 6.07) is 5.22. The maximum atomic E-state index is 12.2. The summed E-state index contributed by atoms with van der Waals surface area (Å²) in [6.07, 6.45) is 6.30. The predicted octanol–water partition coefficient (Wildman–Crippen LogP) is 2.70. The van der Waals surface area contributed by atoms with E-state index >= 15 is 0 Å². The van der Waals surface area contributed by atoms with Gasteiger partial charge in [-0.25, -0.2) is 0 Å². The smallest absolute Gasteiger partial charge is 0.251 e. The Morgan fingerprint density at radius 2 is 1.78 bits per heavy atom. The van der Waals surface area contributed by atoms with Gasteiger partial charge in [0.05, 0.1) is 14.2 Å². The maximum Gasteiger partial charge on any atom is 0.251 e. The number of benzene rings is 1. The van der Waals surface area contributed by atoms with Crippen molar-refractivity contribution >= 4 is 5.91 Å². The van der Waals surface area contributed by atoms with Crippen molar-refractivity contribution in [1.82, 2.24) is 10.2 Å². The summed E-state index contributed by atoms with van der Waals surface area (Å²) in [5.41, 5.74) is 0.595. The van der Waals surface area contributed by atoms with E-state index in [9.17, 15) is 4.79 Å². The first-order valence-electron chi connectivity index (χ1n) is 8.47. The van der Waals surface area contributed by atoms with Crippen molar-refractivity contribution in [2.75, 3.05) is 40.4 Å². The molecule has 2 rings (SSSR count). The summed E-state index contributed by atoms with van der Waals surface area (Å²) in [7, 11) is 3.15. The standard InChI is InChI=1S/C18H28N2O3/c1-22-16-9-8-15(14-17(16)23-2)18(21)19-10-7-13-20-11-5-3-4-6-12-20/h8-9,14H,3-7,10-13H2,1-2H3,(H,19,21). The van der Waals surface area contributed by atoms with Gasteiger partial charge in [0.2, 0.25) is 0 Å². The lowest BCUT2D eigenvalue weighted by Gasteiger charge is -2.19. The zero-order chi connectivity index (χ0) is 16.5. The number of ether oxygens (including phenoxy) is 2. The number of carbonyl (C=O) groups is 1. The van der Waals surface area contributed by atoms with Gasteiger partial charge in [0, 0.05) is 12.1 Å². The van der Waals surface area contributed by atoms with E-state index in [0.717, 1.165) is 13.0 Å². The van der Waals surface area contributed by atoms with Crippen LogP contribution in [0, 0.1) is 0 Å². The molecular formula is C18H28N2O3. The molecule has 0 saturated carbocycles. The molecule has 1 aliphatic rings. The molecule has 1 amide bonds. The third-order valence-electron chi connectivity index (χ3n) is 4.28. The molecule has 0 aromatic heterocycles. The summed E-state index contributed by atoms with van der Waals surface area (Å²) in [5.74, 6) is 1.14. The van der Waals surface area contributed by atoms with E-state index in [1.807, 2.05) is 0 Å². The van der Waals surface area contributed by atoms with Gasteiger partial charge in [0.25, 0.3) is 5.91 Å². The van der Waals surface area contributed by atoms with Crippen molar-refractivity contribution in [3.63, 3.8) is 0 Å². The topological polar surface area (TPSA) is 50.8 Å². The molecule has 23 heavy (non-hydrogen) atoms. The van der Waals surface area contributed by atoms with Gasteiger partial charge in [-0.05, 0) is 57.1 Å². The molecule has 128 valence electrons. The fourth-order valence-corrected chi connectivity index (χ4v) is 2.94. The van der Waals surface area contributed by atoms with Gasteiger partial charge in [-0.15, -0.1) is 0 Å². The molecular weight excluding hydrogens is 292 g/mol.